The van der Waals surface area contributed by atoms with E-state index in [9.17, 15) is 5.11 Å². The predicted molar refractivity (Wildman–Crippen MR) is 86.5 cm³/mol. The highest BCUT2D eigenvalue weighted by Crippen LogP contribution is 2.40. The van der Waals surface area contributed by atoms with Crippen molar-refractivity contribution in [3.05, 3.63) is 0 Å². The van der Waals surface area contributed by atoms with Crippen LogP contribution < -0.4 is 5.32 Å². The lowest BCUT2D eigenvalue weighted by Gasteiger charge is -2.42. The van der Waals surface area contributed by atoms with Crippen LogP contribution >= 0.6 is 0 Å². The normalized spacial score (nSPS) is 27.0. The third-order valence-corrected chi connectivity index (χ3v) is 4.74. The van der Waals surface area contributed by atoms with E-state index in [0.29, 0.717) is 18.1 Å². The van der Waals surface area contributed by atoms with Gasteiger partial charge >= 0.3 is 0 Å². The first-order valence-corrected chi connectivity index (χ1v) is 8.82. The zero-order valence-electron chi connectivity index (χ0n) is 14.1. The Morgan fingerprint density at radius 1 is 1.33 bits per heavy atom. The Labute approximate surface area is 130 Å². The van der Waals surface area contributed by atoms with Gasteiger partial charge in [0, 0.05) is 25.7 Å². The predicted octanol–water partition coefficient (Wildman–Crippen LogP) is 2.02. The molecule has 0 radical (unpaired) electrons. The molecule has 0 spiro atoms. The van der Waals surface area contributed by atoms with Crippen molar-refractivity contribution in [1.82, 2.24) is 10.2 Å². The Kier molecular flexibility index (Phi) is 6.48. The van der Waals surface area contributed by atoms with Gasteiger partial charge in [-0.1, -0.05) is 20.8 Å². The van der Waals surface area contributed by atoms with Gasteiger partial charge in [0.15, 0.2) is 0 Å². The van der Waals surface area contributed by atoms with Gasteiger partial charge < -0.3 is 15.2 Å². The largest absolute Gasteiger partial charge is 0.394 e. The highest BCUT2D eigenvalue weighted by molar-refractivity contribution is 5.04. The van der Waals surface area contributed by atoms with Gasteiger partial charge in [-0.2, -0.15) is 0 Å². The Hall–Kier alpha value is -0.160. The van der Waals surface area contributed by atoms with E-state index >= 15 is 0 Å². The second kappa shape index (κ2) is 7.91. The van der Waals surface area contributed by atoms with Crippen LogP contribution in [0, 0.1) is 5.92 Å². The van der Waals surface area contributed by atoms with E-state index in [0.717, 1.165) is 32.7 Å². The third kappa shape index (κ3) is 4.92. The molecule has 2 atom stereocenters. The summed E-state index contributed by atoms with van der Waals surface area (Å²) < 4.78 is 5.94. The lowest BCUT2D eigenvalue weighted by atomic mass is 9.91. The number of likely N-dealkylation sites (tertiary alicyclic amines) is 1. The summed E-state index contributed by atoms with van der Waals surface area (Å²) in [6.45, 7) is 10.7. The molecule has 0 aromatic rings. The van der Waals surface area contributed by atoms with Gasteiger partial charge in [-0.05, 0) is 44.6 Å². The maximum atomic E-state index is 10.1. The van der Waals surface area contributed by atoms with Gasteiger partial charge in [-0.15, -0.1) is 0 Å². The van der Waals surface area contributed by atoms with Crippen molar-refractivity contribution >= 4 is 0 Å². The van der Waals surface area contributed by atoms with Crippen molar-refractivity contribution in [3.8, 4) is 0 Å². The summed E-state index contributed by atoms with van der Waals surface area (Å²) in [6, 6.07) is 0.412. The number of aliphatic hydroxyl groups excluding tert-OH is 1. The summed E-state index contributed by atoms with van der Waals surface area (Å²) in [5.41, 5.74) is -0.110. The van der Waals surface area contributed by atoms with Crippen LogP contribution in [0.2, 0.25) is 0 Å². The molecule has 2 fully saturated rings. The lowest BCUT2D eigenvalue weighted by Crippen LogP contribution is -2.61. The van der Waals surface area contributed by atoms with E-state index < -0.39 is 0 Å². The number of nitrogens with zero attached hydrogens (tertiary/aromatic N) is 1. The zero-order valence-corrected chi connectivity index (χ0v) is 14.1. The van der Waals surface area contributed by atoms with Crippen molar-refractivity contribution < 1.29 is 9.84 Å². The molecule has 2 aliphatic rings. The molecule has 1 saturated carbocycles. The van der Waals surface area contributed by atoms with Crippen LogP contribution in [0.15, 0.2) is 0 Å². The van der Waals surface area contributed by atoms with Gasteiger partial charge in [0.1, 0.15) is 0 Å². The van der Waals surface area contributed by atoms with Crippen molar-refractivity contribution in [2.45, 2.75) is 70.6 Å². The first-order chi connectivity index (χ1) is 10.1. The number of hydrogen-bond donors (Lipinski definition) is 2. The minimum Gasteiger partial charge on any atom is -0.394 e. The molecule has 2 N–H and O–H groups in total. The highest BCUT2D eigenvalue weighted by Gasteiger charge is 2.46. The van der Waals surface area contributed by atoms with Gasteiger partial charge in [-0.25, -0.2) is 0 Å². The molecular weight excluding hydrogens is 264 g/mol. The molecule has 4 heteroatoms. The fraction of sp³-hybridized carbons (Fsp3) is 1.00. The number of aliphatic hydroxyl groups is 1. The van der Waals surface area contributed by atoms with Crippen LogP contribution in [-0.2, 0) is 4.74 Å². The zero-order chi connectivity index (χ0) is 15.3. The lowest BCUT2D eigenvalue weighted by molar-refractivity contribution is -0.0154. The van der Waals surface area contributed by atoms with Crippen molar-refractivity contribution in [2.24, 2.45) is 5.92 Å². The summed E-state index contributed by atoms with van der Waals surface area (Å²) >= 11 is 0. The monoisotopic (exact) mass is 298 g/mol. The smallest absolute Gasteiger partial charge is 0.0702 e. The molecule has 1 aliphatic heterocycles. The second-order valence-corrected chi connectivity index (χ2v) is 7.26. The molecule has 21 heavy (non-hydrogen) atoms. The minimum absolute atomic E-state index is 0.110. The molecule has 124 valence electrons. The summed E-state index contributed by atoms with van der Waals surface area (Å²) in [5.74, 6) is 0.641. The molecule has 1 saturated heterocycles. The van der Waals surface area contributed by atoms with Crippen LogP contribution in [0.1, 0.15) is 52.9 Å². The molecule has 0 bridgehead atoms. The van der Waals surface area contributed by atoms with E-state index in [4.69, 9.17) is 4.74 Å². The van der Waals surface area contributed by atoms with Gasteiger partial charge in [0.05, 0.1) is 18.2 Å². The molecular formula is C17H34N2O2. The molecule has 2 rings (SSSR count). The first-order valence-electron chi connectivity index (χ1n) is 8.82. The molecule has 0 aromatic carbocycles. The molecule has 2 unspecified atom stereocenters. The summed E-state index contributed by atoms with van der Waals surface area (Å²) in [6.07, 6.45) is 6.38. The number of hydrogen-bond acceptors (Lipinski definition) is 4. The topological polar surface area (TPSA) is 44.7 Å². The van der Waals surface area contributed by atoms with Crippen molar-refractivity contribution in [1.29, 1.82) is 0 Å². The molecule has 1 heterocycles. The van der Waals surface area contributed by atoms with Crippen molar-refractivity contribution in [2.75, 3.05) is 32.8 Å². The van der Waals surface area contributed by atoms with Gasteiger partial charge in [0.25, 0.3) is 0 Å². The standard InChI is InChI=1S/C17H34N2O2/c1-4-10-21-16-6-5-9-19(11-16)12-17(13-20,15-7-8-15)18-14(2)3/h14-16,18,20H,4-13H2,1-3H3. The number of piperidine rings is 1. The highest BCUT2D eigenvalue weighted by atomic mass is 16.5. The molecule has 0 aromatic heterocycles. The van der Waals surface area contributed by atoms with Crippen LogP contribution in [0.4, 0.5) is 0 Å². The van der Waals surface area contributed by atoms with Gasteiger partial charge in [-0.3, -0.25) is 4.90 Å². The van der Waals surface area contributed by atoms with Crippen LogP contribution in [-0.4, -0.2) is 60.5 Å². The quantitative estimate of drug-likeness (QED) is 0.683. The average Bonchev–Trinajstić information content (AvgIpc) is 3.29. The SMILES string of the molecule is CCCOC1CCCN(CC(CO)(NC(C)C)C2CC2)C1. The summed E-state index contributed by atoms with van der Waals surface area (Å²) in [5, 5.41) is 13.7. The summed E-state index contributed by atoms with van der Waals surface area (Å²) in [4.78, 5) is 2.51. The van der Waals surface area contributed by atoms with E-state index in [2.05, 4.69) is 31.0 Å². The Bertz CT molecular complexity index is 307. The fourth-order valence-electron chi connectivity index (χ4n) is 3.70. The second-order valence-electron chi connectivity index (χ2n) is 7.26. The number of rotatable bonds is 9. The maximum absolute atomic E-state index is 10.1. The van der Waals surface area contributed by atoms with E-state index in [1.54, 1.807) is 0 Å². The number of ether oxygens (including phenoxy) is 1. The van der Waals surface area contributed by atoms with E-state index in [-0.39, 0.29) is 12.1 Å². The molecule has 1 aliphatic carbocycles. The average molecular weight is 298 g/mol. The Morgan fingerprint density at radius 2 is 2.10 bits per heavy atom. The van der Waals surface area contributed by atoms with E-state index in [1.165, 1.54) is 25.7 Å². The maximum Gasteiger partial charge on any atom is 0.0702 e. The van der Waals surface area contributed by atoms with Crippen LogP contribution in [0.5, 0.6) is 0 Å². The molecule has 4 nitrogen and oxygen atoms in total. The third-order valence-electron chi connectivity index (χ3n) is 4.74. The number of nitrogens with one attached hydrogen (secondary N) is 1. The molecule has 0 amide bonds. The van der Waals surface area contributed by atoms with Crippen LogP contribution in [0.3, 0.4) is 0 Å². The Morgan fingerprint density at radius 3 is 2.67 bits per heavy atom. The minimum atomic E-state index is -0.110. The Balaban J connectivity index is 1.92. The first kappa shape index (κ1) is 17.2. The fourth-order valence-corrected chi connectivity index (χ4v) is 3.70. The van der Waals surface area contributed by atoms with E-state index in [1.807, 2.05) is 0 Å². The van der Waals surface area contributed by atoms with Gasteiger partial charge in [0.2, 0.25) is 0 Å². The summed E-state index contributed by atoms with van der Waals surface area (Å²) in [7, 11) is 0. The van der Waals surface area contributed by atoms with Crippen LogP contribution in [0.25, 0.3) is 0 Å². The van der Waals surface area contributed by atoms with Crippen molar-refractivity contribution in [3.63, 3.8) is 0 Å².